The number of amides is 1. The molecule has 106 valence electrons. The summed E-state index contributed by atoms with van der Waals surface area (Å²) in [5, 5.41) is 6.48. The van der Waals surface area contributed by atoms with Gasteiger partial charge in [-0.2, -0.15) is 0 Å². The molecule has 0 heterocycles. The fourth-order valence-corrected chi connectivity index (χ4v) is 2.62. The van der Waals surface area contributed by atoms with Gasteiger partial charge >= 0.3 is 0 Å². The topological polar surface area (TPSA) is 41.1 Å². The van der Waals surface area contributed by atoms with Gasteiger partial charge in [-0.1, -0.05) is 27.2 Å². The van der Waals surface area contributed by atoms with Gasteiger partial charge in [0, 0.05) is 11.6 Å². The van der Waals surface area contributed by atoms with E-state index in [9.17, 15) is 4.79 Å². The maximum Gasteiger partial charge on any atom is 0.234 e. The summed E-state index contributed by atoms with van der Waals surface area (Å²) in [5.41, 5.74) is 0.333. The van der Waals surface area contributed by atoms with E-state index in [1.165, 1.54) is 25.7 Å². The Morgan fingerprint density at radius 2 is 2.06 bits per heavy atom. The van der Waals surface area contributed by atoms with Crippen molar-refractivity contribution in [3.63, 3.8) is 0 Å². The van der Waals surface area contributed by atoms with Gasteiger partial charge in [0.05, 0.1) is 6.54 Å². The lowest BCUT2D eigenvalue weighted by atomic mass is 9.75. The van der Waals surface area contributed by atoms with Gasteiger partial charge in [-0.3, -0.25) is 4.79 Å². The summed E-state index contributed by atoms with van der Waals surface area (Å²) in [7, 11) is 0. The fraction of sp³-hybridized carbons (Fsp3) is 0.933. The summed E-state index contributed by atoms with van der Waals surface area (Å²) in [4.78, 5) is 11.8. The lowest BCUT2D eigenvalue weighted by molar-refractivity contribution is -0.122. The van der Waals surface area contributed by atoms with Crippen LogP contribution in [0.2, 0.25) is 0 Å². The van der Waals surface area contributed by atoms with Gasteiger partial charge in [-0.15, -0.1) is 0 Å². The van der Waals surface area contributed by atoms with Crippen molar-refractivity contribution in [3.8, 4) is 0 Å². The number of hydrogen-bond acceptors (Lipinski definition) is 2. The van der Waals surface area contributed by atoms with Crippen molar-refractivity contribution in [1.29, 1.82) is 0 Å². The van der Waals surface area contributed by atoms with Crippen molar-refractivity contribution in [3.05, 3.63) is 0 Å². The van der Waals surface area contributed by atoms with Crippen LogP contribution in [0.25, 0.3) is 0 Å². The third-order valence-electron chi connectivity index (χ3n) is 4.12. The highest BCUT2D eigenvalue weighted by Gasteiger charge is 2.28. The fourth-order valence-electron chi connectivity index (χ4n) is 2.62. The molecule has 1 amide bonds. The zero-order chi connectivity index (χ0) is 13.8. The van der Waals surface area contributed by atoms with E-state index < -0.39 is 0 Å². The lowest BCUT2D eigenvalue weighted by Crippen LogP contribution is -2.49. The minimum atomic E-state index is -0.0927. The number of carbonyl (C=O) groups excluding carboxylic acids is 1. The third kappa shape index (κ3) is 5.38. The van der Waals surface area contributed by atoms with Crippen LogP contribution in [0.4, 0.5) is 0 Å². The van der Waals surface area contributed by atoms with E-state index in [1.807, 2.05) is 0 Å². The second-order valence-electron chi connectivity index (χ2n) is 7.12. The summed E-state index contributed by atoms with van der Waals surface area (Å²) in [5.74, 6) is 0.116. The van der Waals surface area contributed by atoms with Gasteiger partial charge < -0.3 is 10.6 Å². The van der Waals surface area contributed by atoms with Crippen LogP contribution in [-0.2, 0) is 4.79 Å². The van der Waals surface area contributed by atoms with Gasteiger partial charge in [0.15, 0.2) is 0 Å². The van der Waals surface area contributed by atoms with Crippen molar-refractivity contribution in [1.82, 2.24) is 10.6 Å². The first-order valence-electron chi connectivity index (χ1n) is 7.28. The van der Waals surface area contributed by atoms with Crippen molar-refractivity contribution < 1.29 is 4.79 Å². The summed E-state index contributed by atoms with van der Waals surface area (Å²) < 4.78 is 0. The molecule has 1 fully saturated rings. The molecule has 0 radical (unpaired) electrons. The Labute approximate surface area is 112 Å². The highest BCUT2D eigenvalue weighted by molar-refractivity contribution is 5.78. The zero-order valence-corrected chi connectivity index (χ0v) is 12.7. The van der Waals surface area contributed by atoms with E-state index in [4.69, 9.17) is 0 Å². The molecule has 0 aromatic heterocycles. The quantitative estimate of drug-likeness (QED) is 0.792. The normalized spacial score (nSPS) is 23.7. The molecular weight excluding hydrogens is 224 g/mol. The standard InChI is InChI=1S/C15H30N2O/c1-6-15(4,5)17-13(18)11-16-12-8-7-9-14(2,3)10-12/h12,16H,6-11H2,1-5H3,(H,17,18). The first-order valence-corrected chi connectivity index (χ1v) is 7.28. The Bertz CT molecular complexity index is 284. The van der Waals surface area contributed by atoms with Gasteiger partial charge in [0.25, 0.3) is 0 Å². The van der Waals surface area contributed by atoms with Gasteiger partial charge in [-0.05, 0) is 44.9 Å². The molecule has 1 aliphatic carbocycles. The molecule has 3 heteroatoms. The maximum absolute atomic E-state index is 11.8. The Hall–Kier alpha value is -0.570. The second-order valence-corrected chi connectivity index (χ2v) is 7.12. The first-order chi connectivity index (χ1) is 8.24. The molecule has 1 rings (SSSR count). The van der Waals surface area contributed by atoms with E-state index >= 15 is 0 Å². The average molecular weight is 254 g/mol. The van der Waals surface area contributed by atoms with Crippen LogP contribution in [0.5, 0.6) is 0 Å². The Morgan fingerprint density at radius 3 is 2.61 bits per heavy atom. The molecule has 1 saturated carbocycles. The molecule has 1 atom stereocenters. The lowest BCUT2D eigenvalue weighted by Gasteiger charge is -2.35. The summed E-state index contributed by atoms with van der Waals surface area (Å²) in [6.07, 6.45) is 5.91. The van der Waals surface area contributed by atoms with Crippen LogP contribution >= 0.6 is 0 Å². The third-order valence-corrected chi connectivity index (χ3v) is 4.12. The number of carbonyl (C=O) groups is 1. The predicted molar refractivity (Wildman–Crippen MR) is 76.6 cm³/mol. The maximum atomic E-state index is 11.8. The van der Waals surface area contributed by atoms with Crippen LogP contribution < -0.4 is 10.6 Å². The molecule has 0 spiro atoms. The molecule has 0 aromatic carbocycles. The molecule has 1 unspecified atom stereocenters. The van der Waals surface area contributed by atoms with E-state index in [0.29, 0.717) is 18.0 Å². The molecular formula is C15H30N2O. The molecule has 0 aliphatic heterocycles. The van der Waals surface area contributed by atoms with Crippen molar-refractivity contribution in [2.24, 2.45) is 5.41 Å². The Kier molecular flexibility index (Phi) is 5.20. The summed E-state index contributed by atoms with van der Waals surface area (Å²) in [6, 6.07) is 0.504. The van der Waals surface area contributed by atoms with Crippen molar-refractivity contribution in [2.45, 2.75) is 78.3 Å². The van der Waals surface area contributed by atoms with Crippen molar-refractivity contribution >= 4 is 5.91 Å². The molecule has 0 bridgehead atoms. The minimum absolute atomic E-state index is 0.0927. The molecule has 18 heavy (non-hydrogen) atoms. The van der Waals surface area contributed by atoms with Gasteiger partial charge in [0.2, 0.25) is 5.91 Å². The molecule has 2 N–H and O–H groups in total. The van der Waals surface area contributed by atoms with Crippen LogP contribution in [0.3, 0.4) is 0 Å². The Balaban J connectivity index is 2.30. The Morgan fingerprint density at radius 1 is 1.39 bits per heavy atom. The van der Waals surface area contributed by atoms with Crippen LogP contribution in [0.15, 0.2) is 0 Å². The van der Waals surface area contributed by atoms with Crippen LogP contribution in [0, 0.1) is 5.41 Å². The minimum Gasteiger partial charge on any atom is -0.350 e. The monoisotopic (exact) mass is 254 g/mol. The highest BCUT2D eigenvalue weighted by Crippen LogP contribution is 2.34. The number of rotatable bonds is 5. The largest absolute Gasteiger partial charge is 0.350 e. The van der Waals surface area contributed by atoms with Crippen molar-refractivity contribution in [2.75, 3.05) is 6.54 Å². The van der Waals surface area contributed by atoms with E-state index in [1.54, 1.807) is 0 Å². The van der Waals surface area contributed by atoms with Crippen LogP contribution in [-0.4, -0.2) is 24.0 Å². The average Bonchev–Trinajstić information content (AvgIpc) is 2.25. The second kappa shape index (κ2) is 6.05. The van der Waals surface area contributed by atoms with Crippen LogP contribution in [0.1, 0.15) is 66.7 Å². The molecule has 0 saturated heterocycles. The summed E-state index contributed by atoms with van der Waals surface area (Å²) in [6.45, 7) is 11.3. The van der Waals surface area contributed by atoms with Gasteiger partial charge in [-0.25, -0.2) is 0 Å². The molecule has 1 aliphatic rings. The molecule has 0 aromatic rings. The first kappa shape index (κ1) is 15.5. The van der Waals surface area contributed by atoms with E-state index in [2.05, 4.69) is 45.3 Å². The van der Waals surface area contributed by atoms with Gasteiger partial charge in [0.1, 0.15) is 0 Å². The highest BCUT2D eigenvalue weighted by atomic mass is 16.2. The van der Waals surface area contributed by atoms with E-state index in [0.717, 1.165) is 6.42 Å². The SMILES string of the molecule is CCC(C)(C)NC(=O)CNC1CCCC(C)(C)C1. The molecule has 3 nitrogen and oxygen atoms in total. The smallest absolute Gasteiger partial charge is 0.234 e. The van der Waals surface area contributed by atoms with E-state index in [-0.39, 0.29) is 11.4 Å². The number of nitrogens with one attached hydrogen (secondary N) is 2. The predicted octanol–water partition coefficient (Wildman–Crippen LogP) is 2.85. The summed E-state index contributed by atoms with van der Waals surface area (Å²) >= 11 is 0. The number of hydrogen-bond donors (Lipinski definition) is 2. The zero-order valence-electron chi connectivity index (χ0n) is 12.7.